The van der Waals surface area contributed by atoms with Crippen molar-refractivity contribution in [1.82, 2.24) is 0 Å². The Hall–Kier alpha value is -4.30. The van der Waals surface area contributed by atoms with E-state index in [1.54, 1.807) is 0 Å². The van der Waals surface area contributed by atoms with Crippen molar-refractivity contribution in [3.05, 3.63) is 144 Å². The van der Waals surface area contributed by atoms with Crippen LogP contribution in [0.5, 0.6) is 0 Å². The van der Waals surface area contributed by atoms with Crippen LogP contribution in [0.2, 0.25) is 0 Å². The van der Waals surface area contributed by atoms with E-state index in [1.165, 1.54) is 56.4 Å². The number of para-hydroxylation sites is 4. The minimum absolute atomic E-state index is 0.974. The second kappa shape index (κ2) is 19.1. The molecular formula is C42H54N2. The van der Waals surface area contributed by atoms with E-state index in [0.29, 0.717) is 0 Å². The zero-order valence-corrected chi connectivity index (χ0v) is 28.9. The lowest BCUT2D eigenvalue weighted by atomic mass is 9.94. The van der Waals surface area contributed by atoms with Crippen LogP contribution in [0.4, 0.5) is 34.1 Å². The lowest BCUT2D eigenvalue weighted by Crippen LogP contribution is -2.19. The first-order chi connectivity index (χ1) is 21.9. The molecule has 0 N–H and O–H groups in total. The molecule has 44 heavy (non-hydrogen) atoms. The molecule has 2 heterocycles. The molecule has 2 aliphatic heterocycles. The fourth-order valence-corrected chi connectivity index (χ4v) is 5.49. The third kappa shape index (κ3) is 7.61. The third-order valence-electron chi connectivity index (χ3n) is 7.06. The van der Waals surface area contributed by atoms with Gasteiger partial charge < -0.3 is 9.80 Å². The first kappa shape index (κ1) is 35.9. The SMILES string of the molecule is CC.CC.CC.CC.CC.c1ccc2c(c1)Cc1ccccc1N2c1ccc(N2c3ccccc3Cc3ccccc32)cc1. The lowest BCUT2D eigenvalue weighted by molar-refractivity contribution is 1.08. The Balaban J connectivity index is 0.000000618. The monoisotopic (exact) mass is 586 g/mol. The van der Waals surface area contributed by atoms with Gasteiger partial charge in [0.1, 0.15) is 0 Å². The molecule has 0 atom stereocenters. The van der Waals surface area contributed by atoms with Gasteiger partial charge in [0.25, 0.3) is 0 Å². The van der Waals surface area contributed by atoms with Crippen LogP contribution in [-0.2, 0) is 12.8 Å². The quantitative estimate of drug-likeness (QED) is 0.199. The zero-order chi connectivity index (χ0) is 32.5. The summed E-state index contributed by atoms with van der Waals surface area (Å²) >= 11 is 0. The van der Waals surface area contributed by atoms with Crippen LogP contribution in [0.1, 0.15) is 91.5 Å². The highest BCUT2D eigenvalue weighted by molar-refractivity contribution is 5.87. The number of hydrogen-bond donors (Lipinski definition) is 0. The maximum Gasteiger partial charge on any atom is 0.0497 e. The number of anilines is 6. The van der Waals surface area contributed by atoms with Gasteiger partial charge in [0.2, 0.25) is 0 Å². The zero-order valence-electron chi connectivity index (χ0n) is 28.9. The van der Waals surface area contributed by atoms with Crippen LogP contribution in [0.3, 0.4) is 0 Å². The molecule has 0 saturated heterocycles. The van der Waals surface area contributed by atoms with E-state index in [0.717, 1.165) is 12.8 Å². The maximum atomic E-state index is 2.40. The highest BCUT2D eigenvalue weighted by Gasteiger charge is 2.25. The molecule has 2 aliphatic rings. The molecule has 0 aliphatic carbocycles. The molecule has 5 aromatic carbocycles. The van der Waals surface area contributed by atoms with Gasteiger partial charge in [-0.3, -0.25) is 0 Å². The van der Waals surface area contributed by atoms with E-state index < -0.39 is 0 Å². The first-order valence-electron chi connectivity index (χ1n) is 16.9. The normalized spacial score (nSPS) is 11.1. The number of nitrogens with zero attached hydrogens (tertiary/aromatic N) is 2. The summed E-state index contributed by atoms with van der Waals surface area (Å²) in [6.07, 6.45) is 1.95. The molecule has 0 fully saturated rings. The summed E-state index contributed by atoms with van der Waals surface area (Å²) in [4.78, 5) is 4.80. The largest absolute Gasteiger partial charge is 0.310 e. The summed E-state index contributed by atoms with van der Waals surface area (Å²) in [6.45, 7) is 20.0. The van der Waals surface area contributed by atoms with E-state index in [-0.39, 0.29) is 0 Å². The molecule has 0 bridgehead atoms. The third-order valence-corrected chi connectivity index (χ3v) is 7.06. The van der Waals surface area contributed by atoms with E-state index in [2.05, 4.69) is 131 Å². The summed E-state index contributed by atoms with van der Waals surface area (Å²) in [5.41, 5.74) is 12.9. The molecule has 0 spiro atoms. The number of benzene rings is 5. The Morgan fingerprint density at radius 3 is 0.727 bits per heavy atom. The lowest BCUT2D eigenvalue weighted by Gasteiger charge is -2.35. The summed E-state index contributed by atoms with van der Waals surface area (Å²) in [6, 6.07) is 44.0. The van der Waals surface area contributed by atoms with Crippen molar-refractivity contribution in [3.8, 4) is 0 Å². The topological polar surface area (TPSA) is 6.48 Å². The molecule has 0 amide bonds. The Labute approximate surface area is 269 Å². The van der Waals surface area contributed by atoms with Crippen molar-refractivity contribution in [2.45, 2.75) is 82.1 Å². The second-order valence-corrected chi connectivity index (χ2v) is 9.06. The Kier molecular flexibility index (Phi) is 15.6. The van der Waals surface area contributed by atoms with Crippen molar-refractivity contribution in [3.63, 3.8) is 0 Å². The van der Waals surface area contributed by atoms with E-state index in [9.17, 15) is 0 Å². The average Bonchev–Trinajstić information content (AvgIpc) is 3.14. The van der Waals surface area contributed by atoms with Crippen LogP contribution in [0, 0.1) is 0 Å². The predicted molar refractivity (Wildman–Crippen MR) is 198 cm³/mol. The molecule has 7 rings (SSSR count). The second-order valence-electron chi connectivity index (χ2n) is 9.06. The fraction of sp³-hybridized carbons (Fsp3) is 0.286. The van der Waals surface area contributed by atoms with Gasteiger partial charge in [-0.05, 0) is 70.8 Å². The van der Waals surface area contributed by atoms with Gasteiger partial charge in [0.05, 0.1) is 0 Å². The molecule has 0 radical (unpaired) electrons. The molecule has 5 aromatic rings. The molecule has 0 saturated carbocycles. The number of hydrogen-bond acceptors (Lipinski definition) is 2. The van der Waals surface area contributed by atoms with Crippen molar-refractivity contribution in [2.75, 3.05) is 9.80 Å². The van der Waals surface area contributed by atoms with Crippen LogP contribution in [0.25, 0.3) is 0 Å². The van der Waals surface area contributed by atoms with Gasteiger partial charge >= 0.3 is 0 Å². The summed E-state index contributed by atoms with van der Waals surface area (Å²) in [7, 11) is 0. The number of fused-ring (bicyclic) bond motifs is 4. The average molecular weight is 587 g/mol. The van der Waals surface area contributed by atoms with Gasteiger partial charge in [-0.25, -0.2) is 0 Å². The Morgan fingerprint density at radius 2 is 0.500 bits per heavy atom. The molecule has 0 unspecified atom stereocenters. The van der Waals surface area contributed by atoms with Gasteiger partial charge in [-0.1, -0.05) is 142 Å². The van der Waals surface area contributed by atoms with Crippen LogP contribution < -0.4 is 9.80 Å². The first-order valence-corrected chi connectivity index (χ1v) is 16.9. The summed E-state index contributed by atoms with van der Waals surface area (Å²) in [5.74, 6) is 0. The predicted octanol–water partition coefficient (Wildman–Crippen LogP) is 13.6. The highest BCUT2D eigenvalue weighted by atomic mass is 15.2. The van der Waals surface area contributed by atoms with E-state index >= 15 is 0 Å². The smallest absolute Gasteiger partial charge is 0.0497 e. The molecule has 232 valence electrons. The van der Waals surface area contributed by atoms with Gasteiger partial charge in [-0.15, -0.1) is 0 Å². The fourth-order valence-electron chi connectivity index (χ4n) is 5.49. The Morgan fingerprint density at radius 1 is 0.295 bits per heavy atom. The van der Waals surface area contributed by atoms with Crippen LogP contribution in [0.15, 0.2) is 121 Å². The van der Waals surface area contributed by atoms with Crippen molar-refractivity contribution in [1.29, 1.82) is 0 Å². The minimum atomic E-state index is 0.974. The standard InChI is InChI=1S/C32H24N2.5C2H6/c1-5-13-29-23(9-1)21-24-10-2-6-14-30(24)33(29)27-17-19-28(20-18-27)34-31-15-7-3-11-25(31)22-26-12-4-8-16-32(26)34;5*1-2/h1-20H,21-22H2;5*1-2H3. The van der Waals surface area contributed by atoms with Gasteiger partial charge in [0.15, 0.2) is 0 Å². The Bertz CT molecular complexity index is 1310. The van der Waals surface area contributed by atoms with Crippen molar-refractivity contribution < 1.29 is 0 Å². The van der Waals surface area contributed by atoms with Crippen LogP contribution >= 0.6 is 0 Å². The van der Waals surface area contributed by atoms with Gasteiger partial charge in [0, 0.05) is 47.0 Å². The maximum absolute atomic E-state index is 2.40. The minimum Gasteiger partial charge on any atom is -0.310 e. The molecule has 2 heteroatoms. The van der Waals surface area contributed by atoms with Gasteiger partial charge in [-0.2, -0.15) is 0 Å². The summed E-state index contributed by atoms with van der Waals surface area (Å²) < 4.78 is 0. The van der Waals surface area contributed by atoms with Crippen molar-refractivity contribution in [2.24, 2.45) is 0 Å². The molecule has 2 nitrogen and oxygen atoms in total. The molecular weight excluding hydrogens is 532 g/mol. The van der Waals surface area contributed by atoms with Crippen LogP contribution in [-0.4, -0.2) is 0 Å². The van der Waals surface area contributed by atoms with Crippen molar-refractivity contribution >= 4 is 34.1 Å². The number of rotatable bonds is 2. The van der Waals surface area contributed by atoms with E-state index in [4.69, 9.17) is 0 Å². The molecule has 0 aromatic heterocycles. The highest BCUT2D eigenvalue weighted by Crippen LogP contribution is 2.46. The summed E-state index contributed by atoms with van der Waals surface area (Å²) in [5, 5.41) is 0. The van der Waals surface area contributed by atoms with E-state index in [1.807, 2.05) is 69.2 Å².